The van der Waals surface area contributed by atoms with Gasteiger partial charge in [-0.2, -0.15) is 0 Å². The number of nitrogens with zero attached hydrogens (tertiary/aromatic N) is 4. The van der Waals surface area contributed by atoms with Crippen LogP contribution in [0, 0.1) is 0 Å². The van der Waals surface area contributed by atoms with Crippen LogP contribution < -0.4 is 10.5 Å². The maximum absolute atomic E-state index is 13.2. The average Bonchev–Trinajstić information content (AvgIpc) is 3.33. The molecular formula is C23H20N4O5. The fraction of sp³-hybridized carbons (Fsp3) is 0.304. The summed E-state index contributed by atoms with van der Waals surface area (Å²) in [5.41, 5.74) is -1.10. The van der Waals surface area contributed by atoms with Crippen molar-refractivity contribution in [2.24, 2.45) is 0 Å². The number of fused-ring (bicyclic) bond motifs is 6. The van der Waals surface area contributed by atoms with Crippen molar-refractivity contribution >= 4 is 28.5 Å². The summed E-state index contributed by atoms with van der Waals surface area (Å²) in [7, 11) is 0. The van der Waals surface area contributed by atoms with E-state index in [9.17, 15) is 19.6 Å². The predicted octanol–water partition coefficient (Wildman–Crippen LogP) is 1.94. The Labute approximate surface area is 182 Å². The highest BCUT2D eigenvalue weighted by molar-refractivity contribution is 6.05. The summed E-state index contributed by atoms with van der Waals surface area (Å²) < 4.78 is 7.26. The van der Waals surface area contributed by atoms with Crippen LogP contribution in [-0.4, -0.2) is 43.4 Å². The van der Waals surface area contributed by atoms with Gasteiger partial charge in [0.25, 0.3) is 11.5 Å². The normalized spacial score (nSPS) is 28.4. The minimum Gasteiger partial charge on any atom is -0.449 e. The molecule has 2 saturated heterocycles. The number of para-hydroxylation sites is 2. The molecule has 162 valence electrons. The van der Waals surface area contributed by atoms with Gasteiger partial charge < -0.3 is 9.94 Å². The molecule has 3 aliphatic heterocycles. The van der Waals surface area contributed by atoms with E-state index in [0.29, 0.717) is 22.2 Å². The summed E-state index contributed by atoms with van der Waals surface area (Å²) in [6.07, 6.45) is 0.499. The molecular weight excluding hydrogens is 412 g/mol. The lowest BCUT2D eigenvalue weighted by molar-refractivity contribution is -0.209. The minimum atomic E-state index is -1.32. The number of ether oxygens (including phenoxy) is 1. The molecule has 1 aromatic heterocycles. The molecule has 0 radical (unpaired) electrons. The number of aromatic nitrogens is 2. The number of hydrogen-bond donors (Lipinski definition) is 1. The Kier molecular flexibility index (Phi) is 3.60. The van der Waals surface area contributed by atoms with E-state index < -0.39 is 29.3 Å². The Balaban J connectivity index is 1.52. The second-order valence-electron chi connectivity index (χ2n) is 8.97. The third-order valence-corrected chi connectivity index (χ3v) is 6.91. The van der Waals surface area contributed by atoms with Gasteiger partial charge in [-0.15, -0.1) is 5.06 Å². The van der Waals surface area contributed by atoms with Crippen LogP contribution in [0.3, 0.4) is 0 Å². The van der Waals surface area contributed by atoms with Gasteiger partial charge in [-0.3, -0.25) is 19.1 Å². The molecule has 2 fully saturated rings. The molecule has 1 N–H and O–H groups in total. The van der Waals surface area contributed by atoms with Gasteiger partial charge in [-0.05, 0) is 32.0 Å². The van der Waals surface area contributed by atoms with Gasteiger partial charge in [0.15, 0.2) is 11.8 Å². The highest BCUT2D eigenvalue weighted by atomic mass is 16.6. The molecule has 3 aliphatic rings. The van der Waals surface area contributed by atoms with Crippen molar-refractivity contribution < 1.29 is 19.5 Å². The van der Waals surface area contributed by atoms with E-state index in [1.165, 1.54) is 15.8 Å². The second kappa shape index (κ2) is 6.02. The number of rotatable bonds is 1. The molecule has 0 saturated carbocycles. The molecule has 3 atom stereocenters. The highest BCUT2D eigenvalue weighted by Crippen LogP contribution is 2.58. The van der Waals surface area contributed by atoms with Gasteiger partial charge in [-0.25, -0.2) is 9.78 Å². The van der Waals surface area contributed by atoms with Gasteiger partial charge in [-0.1, -0.05) is 30.3 Å². The summed E-state index contributed by atoms with van der Waals surface area (Å²) >= 11 is 0. The zero-order valence-electron chi connectivity index (χ0n) is 17.4. The first-order valence-electron chi connectivity index (χ1n) is 10.4. The second-order valence-corrected chi connectivity index (χ2v) is 8.97. The largest absolute Gasteiger partial charge is 0.449 e. The van der Waals surface area contributed by atoms with Crippen molar-refractivity contribution in [1.29, 1.82) is 0 Å². The van der Waals surface area contributed by atoms with Crippen molar-refractivity contribution in [1.82, 2.24) is 14.6 Å². The van der Waals surface area contributed by atoms with E-state index in [1.54, 1.807) is 62.4 Å². The maximum Gasteiger partial charge on any atom is 0.330 e. The number of benzene rings is 2. The predicted molar refractivity (Wildman–Crippen MR) is 113 cm³/mol. The first kappa shape index (κ1) is 19.1. The Morgan fingerprint density at radius 2 is 1.78 bits per heavy atom. The van der Waals surface area contributed by atoms with Gasteiger partial charge in [0.05, 0.1) is 22.9 Å². The molecule has 1 amide bonds. The van der Waals surface area contributed by atoms with Gasteiger partial charge in [0, 0.05) is 12.0 Å². The molecule has 32 heavy (non-hydrogen) atoms. The zero-order chi connectivity index (χ0) is 22.4. The molecule has 0 aliphatic carbocycles. The minimum absolute atomic E-state index is 0.0738. The molecule has 6 rings (SSSR count). The van der Waals surface area contributed by atoms with Gasteiger partial charge in [0.1, 0.15) is 11.6 Å². The summed E-state index contributed by atoms with van der Waals surface area (Å²) in [6.45, 7) is 3.24. The van der Waals surface area contributed by atoms with Gasteiger partial charge in [0.2, 0.25) is 0 Å². The fourth-order valence-electron chi connectivity index (χ4n) is 5.25. The van der Waals surface area contributed by atoms with E-state index >= 15 is 0 Å². The Hall–Kier alpha value is -3.56. The topological polar surface area (TPSA) is 105 Å². The molecule has 0 unspecified atom stereocenters. The summed E-state index contributed by atoms with van der Waals surface area (Å²) in [5, 5.41) is 12.4. The van der Waals surface area contributed by atoms with Crippen LogP contribution >= 0.6 is 0 Å². The number of esters is 1. The number of carbonyl (C=O) groups is 2. The molecule has 9 heteroatoms. The smallest absolute Gasteiger partial charge is 0.330 e. The Morgan fingerprint density at radius 1 is 1.06 bits per heavy atom. The molecule has 0 bridgehead atoms. The van der Waals surface area contributed by atoms with E-state index in [4.69, 9.17) is 4.74 Å². The summed E-state index contributed by atoms with van der Waals surface area (Å²) in [4.78, 5) is 45.3. The van der Waals surface area contributed by atoms with Crippen molar-refractivity contribution in [3.8, 4) is 0 Å². The average molecular weight is 432 g/mol. The van der Waals surface area contributed by atoms with Crippen molar-refractivity contribution in [3.63, 3.8) is 0 Å². The Bertz CT molecular complexity index is 1380. The Morgan fingerprint density at radius 3 is 2.59 bits per heavy atom. The van der Waals surface area contributed by atoms with E-state index in [2.05, 4.69) is 4.98 Å². The van der Waals surface area contributed by atoms with Crippen LogP contribution in [0.25, 0.3) is 10.9 Å². The van der Waals surface area contributed by atoms with Crippen LogP contribution in [0.1, 0.15) is 31.9 Å². The molecule has 1 spiro atoms. The maximum atomic E-state index is 13.2. The molecule has 2 aromatic carbocycles. The van der Waals surface area contributed by atoms with Crippen molar-refractivity contribution in [2.75, 3.05) is 4.90 Å². The van der Waals surface area contributed by atoms with E-state index in [1.807, 2.05) is 0 Å². The number of carbonyl (C=O) groups excluding carboxylic acids is 2. The van der Waals surface area contributed by atoms with Crippen LogP contribution in [0.2, 0.25) is 0 Å². The van der Waals surface area contributed by atoms with E-state index in [0.717, 1.165) is 5.06 Å². The fourth-order valence-corrected chi connectivity index (χ4v) is 5.25. The monoisotopic (exact) mass is 432 g/mol. The van der Waals surface area contributed by atoms with Crippen LogP contribution in [0.15, 0.2) is 59.7 Å². The SMILES string of the molecule is CC1(C)C(=O)N2c3ccccc3[C@@]3(C[C@H](n4cnc5ccccc5c4=O)C(=O)O3)[C@H]2N1O. The number of amides is 1. The summed E-state index contributed by atoms with van der Waals surface area (Å²) in [6, 6.07) is 13.1. The van der Waals surface area contributed by atoms with Crippen molar-refractivity contribution in [2.45, 2.75) is 43.6 Å². The third-order valence-electron chi connectivity index (χ3n) is 6.91. The van der Waals surface area contributed by atoms with Crippen molar-refractivity contribution in [3.05, 3.63) is 70.8 Å². The van der Waals surface area contributed by atoms with E-state index in [-0.39, 0.29) is 17.9 Å². The first-order chi connectivity index (χ1) is 15.3. The lowest BCUT2D eigenvalue weighted by Gasteiger charge is -2.35. The lowest BCUT2D eigenvalue weighted by atomic mass is 9.88. The summed E-state index contributed by atoms with van der Waals surface area (Å²) in [5.74, 6) is -0.898. The molecule has 4 heterocycles. The highest BCUT2D eigenvalue weighted by Gasteiger charge is 2.70. The van der Waals surface area contributed by atoms with Crippen LogP contribution in [0.4, 0.5) is 5.69 Å². The quantitative estimate of drug-likeness (QED) is 0.586. The number of anilines is 1. The first-order valence-corrected chi connectivity index (χ1v) is 10.4. The van der Waals surface area contributed by atoms with Gasteiger partial charge >= 0.3 is 5.97 Å². The molecule has 3 aromatic rings. The van der Waals surface area contributed by atoms with Crippen LogP contribution in [0.5, 0.6) is 0 Å². The number of hydrogen-bond acceptors (Lipinski definition) is 7. The molecule has 9 nitrogen and oxygen atoms in total. The number of hydroxylamine groups is 2. The third kappa shape index (κ3) is 2.14. The lowest BCUT2D eigenvalue weighted by Crippen LogP contribution is -2.52. The standard InChI is InChI=1S/C23H20N4O5/c1-22(2)21(30)26-16-10-6-4-8-14(16)23(20(26)27(22)31)11-17(19(29)32-23)25-12-24-15-9-5-3-7-13(15)18(25)28/h3-10,12,17,20,31H,11H2,1-2H3/t17-,20+,23-/m0/s1. The van der Waals surface area contributed by atoms with Crippen LogP contribution in [-0.2, 0) is 19.9 Å². The zero-order valence-corrected chi connectivity index (χ0v) is 17.4.